The average molecular weight is 237 g/mol. The van der Waals surface area contributed by atoms with Crippen LogP contribution in [0.3, 0.4) is 0 Å². The van der Waals surface area contributed by atoms with Crippen molar-refractivity contribution in [3.63, 3.8) is 0 Å². The maximum absolute atomic E-state index is 11.9. The van der Waals surface area contributed by atoms with Gasteiger partial charge in [0.15, 0.2) is 0 Å². The van der Waals surface area contributed by atoms with Crippen LogP contribution in [0.15, 0.2) is 0 Å². The number of hydrogen-bond acceptors (Lipinski definition) is 3. The van der Waals surface area contributed by atoms with E-state index in [0.29, 0.717) is 0 Å². The zero-order valence-electron chi connectivity index (χ0n) is 10.9. The van der Waals surface area contributed by atoms with E-state index in [1.807, 2.05) is 11.8 Å². The van der Waals surface area contributed by atoms with E-state index in [4.69, 9.17) is 5.26 Å². The molecule has 2 atom stereocenters. The minimum absolute atomic E-state index is 0.0586. The molecule has 4 nitrogen and oxygen atoms in total. The summed E-state index contributed by atoms with van der Waals surface area (Å²) in [5.74, 6) is 0.0586. The number of likely N-dealkylation sites (tertiary alicyclic amines) is 1. The van der Waals surface area contributed by atoms with Gasteiger partial charge >= 0.3 is 0 Å². The predicted molar refractivity (Wildman–Crippen MR) is 67.3 cm³/mol. The molecule has 96 valence electrons. The van der Waals surface area contributed by atoms with Crippen LogP contribution in [0.4, 0.5) is 0 Å². The van der Waals surface area contributed by atoms with Crippen molar-refractivity contribution in [1.82, 2.24) is 10.2 Å². The van der Waals surface area contributed by atoms with Crippen LogP contribution in [0.5, 0.6) is 0 Å². The molecule has 1 rings (SSSR count). The molecule has 1 saturated heterocycles. The van der Waals surface area contributed by atoms with E-state index in [-0.39, 0.29) is 18.0 Å². The summed E-state index contributed by atoms with van der Waals surface area (Å²) < 4.78 is 0. The number of hydrogen-bond donors (Lipinski definition) is 1. The Balaban J connectivity index is 2.33. The van der Waals surface area contributed by atoms with Gasteiger partial charge in [0.05, 0.1) is 18.2 Å². The molecule has 1 aliphatic rings. The Labute approximate surface area is 104 Å². The predicted octanol–water partition coefficient (Wildman–Crippen LogP) is 1.67. The lowest BCUT2D eigenvalue weighted by molar-refractivity contribution is -0.125. The SMILES string of the molecule is CCCCCNC(=O)C(C)N1CCCC1C#N. The van der Waals surface area contributed by atoms with Gasteiger partial charge in [-0.15, -0.1) is 0 Å². The van der Waals surface area contributed by atoms with Gasteiger partial charge in [-0.25, -0.2) is 0 Å². The summed E-state index contributed by atoms with van der Waals surface area (Å²) in [5.41, 5.74) is 0. The number of rotatable bonds is 6. The van der Waals surface area contributed by atoms with Crippen molar-refractivity contribution in [3.8, 4) is 6.07 Å². The third-order valence-electron chi connectivity index (χ3n) is 3.40. The molecule has 1 N–H and O–H groups in total. The van der Waals surface area contributed by atoms with Crippen molar-refractivity contribution in [2.24, 2.45) is 0 Å². The first-order valence-corrected chi connectivity index (χ1v) is 6.63. The van der Waals surface area contributed by atoms with Gasteiger partial charge in [-0.3, -0.25) is 9.69 Å². The van der Waals surface area contributed by atoms with Gasteiger partial charge in [0.2, 0.25) is 5.91 Å². The van der Waals surface area contributed by atoms with Gasteiger partial charge < -0.3 is 5.32 Å². The van der Waals surface area contributed by atoms with Gasteiger partial charge in [0.25, 0.3) is 0 Å². The van der Waals surface area contributed by atoms with Crippen molar-refractivity contribution in [1.29, 1.82) is 5.26 Å². The fourth-order valence-corrected chi connectivity index (χ4v) is 2.28. The number of nitrogens with one attached hydrogen (secondary N) is 1. The summed E-state index contributed by atoms with van der Waals surface area (Å²) >= 11 is 0. The Morgan fingerprint density at radius 1 is 1.59 bits per heavy atom. The largest absolute Gasteiger partial charge is 0.355 e. The molecule has 1 fully saturated rings. The first-order chi connectivity index (χ1) is 8.20. The molecule has 17 heavy (non-hydrogen) atoms. The highest BCUT2D eigenvalue weighted by atomic mass is 16.2. The second-order valence-corrected chi connectivity index (χ2v) is 4.70. The molecule has 0 aliphatic carbocycles. The van der Waals surface area contributed by atoms with Crippen LogP contribution in [-0.4, -0.2) is 36.0 Å². The smallest absolute Gasteiger partial charge is 0.237 e. The lowest BCUT2D eigenvalue weighted by Gasteiger charge is -2.25. The number of nitrogens with zero attached hydrogens (tertiary/aromatic N) is 2. The van der Waals surface area contributed by atoms with E-state index in [1.54, 1.807) is 0 Å². The van der Waals surface area contributed by atoms with E-state index in [1.165, 1.54) is 0 Å². The minimum atomic E-state index is -0.177. The third-order valence-corrected chi connectivity index (χ3v) is 3.40. The maximum atomic E-state index is 11.9. The average Bonchev–Trinajstić information content (AvgIpc) is 2.81. The molecule has 0 aromatic carbocycles. The van der Waals surface area contributed by atoms with Crippen LogP contribution >= 0.6 is 0 Å². The van der Waals surface area contributed by atoms with E-state index < -0.39 is 0 Å². The molecule has 1 aliphatic heterocycles. The molecule has 0 spiro atoms. The fourth-order valence-electron chi connectivity index (χ4n) is 2.28. The summed E-state index contributed by atoms with van der Waals surface area (Å²) in [6.07, 6.45) is 5.26. The number of unbranched alkanes of at least 4 members (excludes halogenated alkanes) is 2. The topological polar surface area (TPSA) is 56.1 Å². The van der Waals surface area contributed by atoms with Crippen LogP contribution in [0.2, 0.25) is 0 Å². The molecular weight excluding hydrogens is 214 g/mol. The third kappa shape index (κ3) is 4.01. The van der Waals surface area contributed by atoms with Crippen LogP contribution < -0.4 is 5.32 Å². The zero-order chi connectivity index (χ0) is 12.7. The summed E-state index contributed by atoms with van der Waals surface area (Å²) in [6, 6.07) is 2.02. The lowest BCUT2D eigenvalue weighted by Crippen LogP contribution is -2.47. The monoisotopic (exact) mass is 237 g/mol. The van der Waals surface area contributed by atoms with Gasteiger partial charge in [0.1, 0.15) is 0 Å². The van der Waals surface area contributed by atoms with Crippen molar-refractivity contribution < 1.29 is 4.79 Å². The van der Waals surface area contributed by atoms with E-state index in [9.17, 15) is 4.79 Å². The summed E-state index contributed by atoms with van der Waals surface area (Å²) in [5, 5.41) is 11.9. The maximum Gasteiger partial charge on any atom is 0.237 e. The Bertz CT molecular complexity index is 285. The molecule has 0 radical (unpaired) electrons. The standard InChI is InChI=1S/C13H23N3O/c1-3-4-5-8-15-13(17)11(2)16-9-6-7-12(16)10-14/h11-12H,3-9H2,1-2H3,(H,15,17). The summed E-state index contributed by atoms with van der Waals surface area (Å²) in [6.45, 7) is 5.65. The normalized spacial score (nSPS) is 22.1. The Morgan fingerprint density at radius 2 is 2.35 bits per heavy atom. The molecule has 0 bridgehead atoms. The molecule has 0 aromatic heterocycles. The molecule has 0 aromatic rings. The van der Waals surface area contributed by atoms with Crippen LogP contribution in [-0.2, 0) is 4.79 Å². The van der Waals surface area contributed by atoms with Crippen LogP contribution in [0, 0.1) is 11.3 Å². The van der Waals surface area contributed by atoms with E-state index in [0.717, 1.165) is 45.2 Å². The number of amides is 1. The van der Waals surface area contributed by atoms with E-state index >= 15 is 0 Å². The Hall–Kier alpha value is -1.08. The highest BCUT2D eigenvalue weighted by molar-refractivity contribution is 5.81. The van der Waals surface area contributed by atoms with Gasteiger partial charge in [0, 0.05) is 13.1 Å². The van der Waals surface area contributed by atoms with E-state index in [2.05, 4.69) is 18.3 Å². The number of nitriles is 1. The Kier molecular flexibility index (Phi) is 5.99. The van der Waals surface area contributed by atoms with Crippen LogP contribution in [0.1, 0.15) is 46.0 Å². The zero-order valence-corrected chi connectivity index (χ0v) is 10.9. The van der Waals surface area contributed by atoms with Crippen molar-refractivity contribution >= 4 is 5.91 Å². The Morgan fingerprint density at radius 3 is 3.00 bits per heavy atom. The highest BCUT2D eigenvalue weighted by Crippen LogP contribution is 2.19. The fraction of sp³-hybridized carbons (Fsp3) is 0.846. The second kappa shape index (κ2) is 7.29. The first kappa shape index (κ1) is 14.0. The number of carbonyl (C=O) groups is 1. The van der Waals surface area contributed by atoms with Crippen molar-refractivity contribution in [3.05, 3.63) is 0 Å². The first-order valence-electron chi connectivity index (χ1n) is 6.63. The molecule has 2 unspecified atom stereocenters. The molecule has 1 heterocycles. The molecule has 4 heteroatoms. The van der Waals surface area contributed by atoms with Gasteiger partial charge in [-0.2, -0.15) is 5.26 Å². The summed E-state index contributed by atoms with van der Waals surface area (Å²) in [7, 11) is 0. The quantitative estimate of drug-likeness (QED) is 0.715. The summed E-state index contributed by atoms with van der Waals surface area (Å²) in [4.78, 5) is 13.9. The van der Waals surface area contributed by atoms with Gasteiger partial charge in [-0.05, 0) is 26.2 Å². The van der Waals surface area contributed by atoms with Crippen molar-refractivity contribution in [2.45, 2.75) is 58.0 Å². The van der Waals surface area contributed by atoms with Crippen LogP contribution in [0.25, 0.3) is 0 Å². The second-order valence-electron chi connectivity index (χ2n) is 4.70. The highest BCUT2D eigenvalue weighted by Gasteiger charge is 2.31. The van der Waals surface area contributed by atoms with Gasteiger partial charge in [-0.1, -0.05) is 19.8 Å². The molecular formula is C13H23N3O. The lowest BCUT2D eigenvalue weighted by atomic mass is 10.2. The minimum Gasteiger partial charge on any atom is -0.355 e. The number of carbonyl (C=O) groups excluding carboxylic acids is 1. The molecule has 0 saturated carbocycles. The molecule has 1 amide bonds. The van der Waals surface area contributed by atoms with Crippen molar-refractivity contribution in [2.75, 3.05) is 13.1 Å².